The highest BCUT2D eigenvalue weighted by atomic mass is 14.8. The third kappa shape index (κ3) is 36.5. The highest BCUT2D eigenvalue weighted by Gasteiger charge is 2.16. The van der Waals surface area contributed by atoms with E-state index >= 15 is 0 Å². The molecule has 0 saturated heterocycles. The van der Waals surface area contributed by atoms with Gasteiger partial charge in [-0.1, -0.05) is 144 Å². The maximum absolute atomic E-state index is 5.69. The standard InChI is InChI=1S/C78H116N2/c1-8-15-22-28-34-40-46-52-58-70-65-67-77(75(63-56-50-44-38-32-26-19-12-5)73(70)61-54-48-42-36-30-24-17-10-3)79-69-72(60-21-14-7)80-78-68-66-71(59-53-47-41-35-29-23-16-9-2)74(62-55-49-43-37-31-25-18-11-4)76(78)64-57-51-45-39-33-27-20-13-6/h65-69H,8-33,46-64H2,1-7H3. The Balaban J connectivity index is 2.80. The van der Waals surface area contributed by atoms with Crippen molar-refractivity contribution in [3.8, 4) is 71.0 Å². The molecule has 0 atom stereocenters. The van der Waals surface area contributed by atoms with Crippen LogP contribution in [-0.4, -0.2) is 11.9 Å². The molecule has 438 valence electrons. The zero-order chi connectivity index (χ0) is 57.5. The largest absolute Gasteiger partial charge is 0.255 e. The van der Waals surface area contributed by atoms with Crippen molar-refractivity contribution in [1.82, 2.24) is 0 Å². The highest BCUT2D eigenvalue weighted by molar-refractivity contribution is 6.31. The molecule has 0 aliphatic heterocycles. The van der Waals surface area contributed by atoms with E-state index in [1.54, 1.807) is 0 Å². The fourth-order valence-electron chi connectivity index (χ4n) is 10.1. The molecule has 2 heteroatoms. The smallest absolute Gasteiger partial charge is 0.0668 e. The number of rotatable bonds is 42. The van der Waals surface area contributed by atoms with Gasteiger partial charge < -0.3 is 0 Å². The van der Waals surface area contributed by atoms with Gasteiger partial charge in [0.25, 0.3) is 0 Å². The molecular formula is C78H116N2. The summed E-state index contributed by atoms with van der Waals surface area (Å²) in [5.41, 5.74) is 12.1. The van der Waals surface area contributed by atoms with Gasteiger partial charge in [-0.3, -0.25) is 9.98 Å². The lowest BCUT2D eigenvalue weighted by molar-refractivity contribution is 0.735. The van der Waals surface area contributed by atoms with Gasteiger partial charge in [0.2, 0.25) is 0 Å². The summed E-state index contributed by atoms with van der Waals surface area (Å²) in [4.78, 5) is 11.2. The molecule has 0 bridgehead atoms. The topological polar surface area (TPSA) is 24.7 Å². The van der Waals surface area contributed by atoms with Crippen LogP contribution >= 0.6 is 0 Å². The number of unbranched alkanes of at least 4 members (excludes halogenated alkanes) is 25. The van der Waals surface area contributed by atoms with Crippen LogP contribution in [0, 0.1) is 71.0 Å². The molecule has 2 nitrogen and oxygen atoms in total. The minimum absolute atomic E-state index is 0.897. The summed E-state index contributed by atoms with van der Waals surface area (Å²) in [5, 5.41) is 0. The van der Waals surface area contributed by atoms with E-state index in [0.29, 0.717) is 0 Å². The first kappa shape index (κ1) is 71.2. The van der Waals surface area contributed by atoms with Gasteiger partial charge in [0.1, 0.15) is 0 Å². The molecule has 2 aromatic rings. The first-order valence-corrected chi connectivity index (χ1v) is 33.7. The highest BCUT2D eigenvalue weighted by Crippen LogP contribution is 2.33. The summed E-state index contributed by atoms with van der Waals surface area (Å²) < 4.78 is 0. The van der Waals surface area contributed by atoms with E-state index in [1.165, 1.54) is 149 Å². The summed E-state index contributed by atoms with van der Waals surface area (Å²) in [6.45, 7) is 15.9. The van der Waals surface area contributed by atoms with E-state index in [4.69, 9.17) is 9.98 Å². The van der Waals surface area contributed by atoms with Crippen LogP contribution in [0.1, 0.15) is 332 Å². The lowest BCUT2D eigenvalue weighted by atomic mass is 9.89. The number of aliphatic imine (C=N–C) groups is 2. The Morgan fingerprint density at radius 3 is 0.863 bits per heavy atom. The monoisotopic (exact) mass is 1080 g/mol. The Morgan fingerprint density at radius 2 is 0.550 bits per heavy atom. The van der Waals surface area contributed by atoms with Gasteiger partial charge in [-0.05, 0) is 174 Å². The van der Waals surface area contributed by atoms with E-state index in [0.717, 1.165) is 190 Å². The third-order valence-corrected chi connectivity index (χ3v) is 15.0. The zero-order valence-corrected chi connectivity index (χ0v) is 53.1. The van der Waals surface area contributed by atoms with Crippen molar-refractivity contribution in [2.24, 2.45) is 9.98 Å². The average molecular weight is 1080 g/mol. The molecule has 0 fully saturated rings. The molecule has 0 saturated carbocycles. The van der Waals surface area contributed by atoms with Crippen molar-refractivity contribution >= 4 is 23.3 Å². The van der Waals surface area contributed by atoms with Crippen molar-refractivity contribution in [2.45, 2.75) is 337 Å². The number of nitrogens with zero attached hydrogens (tertiary/aromatic N) is 2. The molecule has 0 unspecified atom stereocenters. The minimum atomic E-state index is 0.897. The van der Waals surface area contributed by atoms with Crippen molar-refractivity contribution in [2.75, 3.05) is 0 Å². The molecule has 0 aliphatic rings. The zero-order valence-electron chi connectivity index (χ0n) is 53.1. The third-order valence-electron chi connectivity index (χ3n) is 15.0. The Kier molecular flexibility index (Phi) is 47.6. The van der Waals surface area contributed by atoms with Crippen LogP contribution in [0.2, 0.25) is 0 Å². The molecule has 80 heavy (non-hydrogen) atoms. The molecule has 0 N–H and O–H groups in total. The second-order valence-corrected chi connectivity index (χ2v) is 22.4. The van der Waals surface area contributed by atoms with Gasteiger partial charge in [0.05, 0.1) is 17.1 Å². The Morgan fingerprint density at radius 1 is 0.287 bits per heavy atom. The predicted octanol–water partition coefficient (Wildman–Crippen LogP) is 22.8. The van der Waals surface area contributed by atoms with Gasteiger partial charge in [-0.2, -0.15) is 0 Å². The molecule has 0 aliphatic carbocycles. The first-order chi connectivity index (χ1) is 39.6. The Bertz CT molecular complexity index is 2350. The van der Waals surface area contributed by atoms with E-state index in [-0.39, 0.29) is 0 Å². The number of benzene rings is 2. The summed E-state index contributed by atoms with van der Waals surface area (Å²) in [5.74, 6) is 42.2. The fourth-order valence-corrected chi connectivity index (χ4v) is 10.1. The molecule has 0 aromatic heterocycles. The predicted molar refractivity (Wildman–Crippen MR) is 357 cm³/mol. The van der Waals surface area contributed by atoms with Gasteiger partial charge in [-0.25, -0.2) is 0 Å². The minimum Gasteiger partial charge on any atom is -0.255 e. The number of aryl methyl sites for hydroxylation is 2. The number of hydrogen-bond donors (Lipinski definition) is 0. The lowest BCUT2D eigenvalue weighted by Gasteiger charge is -2.18. The van der Waals surface area contributed by atoms with Crippen LogP contribution in [0.5, 0.6) is 0 Å². The molecule has 0 heterocycles. The van der Waals surface area contributed by atoms with Gasteiger partial charge in [0, 0.05) is 83.3 Å². The van der Waals surface area contributed by atoms with Gasteiger partial charge >= 0.3 is 0 Å². The molecule has 0 radical (unpaired) electrons. The van der Waals surface area contributed by atoms with E-state index in [9.17, 15) is 0 Å². The quantitative estimate of drug-likeness (QED) is 0.0360. The summed E-state index contributed by atoms with van der Waals surface area (Å²) in [6, 6.07) is 9.48. The van der Waals surface area contributed by atoms with Crippen molar-refractivity contribution in [3.63, 3.8) is 0 Å². The summed E-state index contributed by atoms with van der Waals surface area (Å²) >= 11 is 0. The van der Waals surface area contributed by atoms with E-state index in [2.05, 4.69) is 150 Å². The number of hydrogen-bond acceptors (Lipinski definition) is 2. The van der Waals surface area contributed by atoms with Crippen LogP contribution in [-0.2, 0) is 38.5 Å². The van der Waals surface area contributed by atoms with Gasteiger partial charge in [-0.15, -0.1) is 71.0 Å². The normalized spacial score (nSPS) is 10.9. The summed E-state index contributed by atoms with van der Waals surface area (Å²) in [6.07, 6.45) is 51.6. The van der Waals surface area contributed by atoms with Crippen LogP contribution in [0.25, 0.3) is 0 Å². The molecular weight excluding hydrogens is 965 g/mol. The second kappa shape index (κ2) is 53.5. The Hall–Kier alpha value is -4.86. The second-order valence-electron chi connectivity index (χ2n) is 22.4. The first-order valence-electron chi connectivity index (χ1n) is 33.7. The SMILES string of the molecule is CCCCCC#CCCCc1ccc(N=CC(CCCC)=Nc2ccc(CCCC#CCCCCC)c(CCCC#CCCCCC)c2CCCC#CCCCCC)c(CCCC#CCCCCC)c1CCCC#CCCCCC. The maximum atomic E-state index is 5.69. The molecule has 0 spiro atoms. The van der Waals surface area contributed by atoms with Crippen LogP contribution in [0.4, 0.5) is 11.4 Å². The van der Waals surface area contributed by atoms with Crippen LogP contribution < -0.4 is 0 Å². The van der Waals surface area contributed by atoms with Crippen LogP contribution in [0.15, 0.2) is 34.3 Å². The maximum Gasteiger partial charge on any atom is 0.0668 e. The average Bonchev–Trinajstić information content (AvgIpc) is 3.48. The van der Waals surface area contributed by atoms with Crippen LogP contribution in [0.3, 0.4) is 0 Å². The molecule has 0 amide bonds. The van der Waals surface area contributed by atoms with Gasteiger partial charge in [0.15, 0.2) is 0 Å². The van der Waals surface area contributed by atoms with E-state index in [1.807, 2.05) is 0 Å². The Labute approximate surface area is 496 Å². The van der Waals surface area contributed by atoms with Crippen molar-refractivity contribution < 1.29 is 0 Å². The molecule has 2 rings (SSSR count). The molecule has 2 aromatic carbocycles. The van der Waals surface area contributed by atoms with Crippen molar-refractivity contribution in [1.29, 1.82) is 0 Å². The fraction of sp³-hybridized carbons (Fsp3) is 0.667. The summed E-state index contributed by atoms with van der Waals surface area (Å²) in [7, 11) is 0. The lowest BCUT2D eigenvalue weighted by Crippen LogP contribution is -2.05. The van der Waals surface area contributed by atoms with E-state index < -0.39 is 0 Å². The van der Waals surface area contributed by atoms with Crippen molar-refractivity contribution in [3.05, 3.63) is 57.6 Å².